The van der Waals surface area contributed by atoms with E-state index in [9.17, 15) is 0 Å². The van der Waals surface area contributed by atoms with Crippen molar-refractivity contribution in [3.05, 3.63) is 47.8 Å². The van der Waals surface area contributed by atoms with Gasteiger partial charge in [-0.15, -0.1) is 0 Å². The predicted octanol–water partition coefficient (Wildman–Crippen LogP) is 2.93. The minimum Gasteiger partial charge on any atom is -0.312 e. The monoisotopic (exact) mass is 243 g/mol. The van der Waals surface area contributed by atoms with Crippen molar-refractivity contribution in [1.29, 1.82) is 0 Å². The fourth-order valence-electron chi connectivity index (χ4n) is 1.94. The third-order valence-corrected chi connectivity index (χ3v) is 2.98. The standard InChI is InChI=1S/C15H21N3/c1-12(2)9-16-10-14-11-17-18(13(14)3)15-7-5-4-6-8-15/h4-8,11-12,16H,9-10H2,1-3H3. The van der Waals surface area contributed by atoms with Gasteiger partial charge in [-0.25, -0.2) is 4.68 Å². The van der Waals surface area contributed by atoms with Crippen LogP contribution < -0.4 is 5.32 Å². The first-order chi connectivity index (χ1) is 8.68. The molecule has 18 heavy (non-hydrogen) atoms. The SMILES string of the molecule is Cc1c(CNCC(C)C)cnn1-c1ccccc1. The van der Waals surface area contributed by atoms with Crippen LogP contribution in [-0.2, 0) is 6.54 Å². The summed E-state index contributed by atoms with van der Waals surface area (Å²) in [5.41, 5.74) is 3.59. The number of para-hydroxylation sites is 1. The zero-order chi connectivity index (χ0) is 13.0. The molecule has 3 heteroatoms. The number of aromatic nitrogens is 2. The molecule has 0 fully saturated rings. The average molecular weight is 243 g/mol. The quantitative estimate of drug-likeness (QED) is 0.875. The molecule has 2 aromatic rings. The molecule has 0 aliphatic carbocycles. The Hall–Kier alpha value is -1.61. The van der Waals surface area contributed by atoms with E-state index in [1.54, 1.807) is 0 Å². The van der Waals surface area contributed by atoms with Crippen LogP contribution in [0.15, 0.2) is 36.5 Å². The van der Waals surface area contributed by atoms with Crippen molar-refractivity contribution in [1.82, 2.24) is 15.1 Å². The minimum atomic E-state index is 0.675. The van der Waals surface area contributed by atoms with Gasteiger partial charge in [0, 0.05) is 17.8 Å². The Morgan fingerprint density at radius 2 is 1.94 bits per heavy atom. The largest absolute Gasteiger partial charge is 0.312 e. The minimum absolute atomic E-state index is 0.675. The normalized spacial score (nSPS) is 11.1. The van der Waals surface area contributed by atoms with E-state index >= 15 is 0 Å². The van der Waals surface area contributed by atoms with E-state index in [0.717, 1.165) is 18.8 Å². The molecule has 1 aromatic heterocycles. The molecule has 3 nitrogen and oxygen atoms in total. The van der Waals surface area contributed by atoms with Gasteiger partial charge in [0.05, 0.1) is 11.9 Å². The van der Waals surface area contributed by atoms with Gasteiger partial charge in [-0.3, -0.25) is 0 Å². The third kappa shape index (κ3) is 2.99. The Morgan fingerprint density at radius 1 is 1.22 bits per heavy atom. The van der Waals surface area contributed by atoms with Crippen molar-refractivity contribution < 1.29 is 0 Å². The highest BCUT2D eigenvalue weighted by molar-refractivity contribution is 5.34. The van der Waals surface area contributed by atoms with E-state index in [0.29, 0.717) is 5.92 Å². The molecule has 0 bridgehead atoms. The highest BCUT2D eigenvalue weighted by Crippen LogP contribution is 2.13. The lowest BCUT2D eigenvalue weighted by molar-refractivity contribution is 0.551. The number of nitrogens with zero attached hydrogens (tertiary/aromatic N) is 2. The second-order valence-corrected chi connectivity index (χ2v) is 5.03. The van der Waals surface area contributed by atoms with Crippen molar-refractivity contribution >= 4 is 0 Å². The highest BCUT2D eigenvalue weighted by Gasteiger charge is 2.07. The summed E-state index contributed by atoms with van der Waals surface area (Å²) >= 11 is 0. The van der Waals surface area contributed by atoms with Crippen molar-refractivity contribution in [2.45, 2.75) is 27.3 Å². The number of rotatable bonds is 5. The Kier molecular flexibility index (Phi) is 4.15. The topological polar surface area (TPSA) is 29.9 Å². The van der Waals surface area contributed by atoms with Crippen LogP contribution in [0.4, 0.5) is 0 Å². The molecule has 0 saturated carbocycles. The molecule has 0 unspecified atom stereocenters. The van der Waals surface area contributed by atoms with Crippen LogP contribution >= 0.6 is 0 Å². The molecular formula is C15H21N3. The van der Waals surface area contributed by atoms with Crippen LogP contribution in [0.2, 0.25) is 0 Å². The maximum atomic E-state index is 4.46. The Balaban J connectivity index is 2.09. The molecule has 2 rings (SSSR count). The van der Waals surface area contributed by atoms with Crippen LogP contribution in [0.25, 0.3) is 5.69 Å². The van der Waals surface area contributed by atoms with Gasteiger partial charge in [-0.05, 0) is 31.5 Å². The van der Waals surface area contributed by atoms with Gasteiger partial charge in [-0.1, -0.05) is 32.0 Å². The Labute approximate surface area is 109 Å². The zero-order valence-electron chi connectivity index (χ0n) is 11.4. The fraction of sp³-hybridized carbons (Fsp3) is 0.400. The summed E-state index contributed by atoms with van der Waals surface area (Å²) in [7, 11) is 0. The molecule has 96 valence electrons. The van der Waals surface area contributed by atoms with E-state index < -0.39 is 0 Å². The van der Waals surface area contributed by atoms with E-state index in [4.69, 9.17) is 0 Å². The molecule has 1 heterocycles. The lowest BCUT2D eigenvalue weighted by Crippen LogP contribution is -2.19. The third-order valence-electron chi connectivity index (χ3n) is 2.98. The van der Waals surface area contributed by atoms with Gasteiger partial charge >= 0.3 is 0 Å². The summed E-state index contributed by atoms with van der Waals surface area (Å²) < 4.78 is 1.99. The lowest BCUT2D eigenvalue weighted by Gasteiger charge is -2.08. The lowest BCUT2D eigenvalue weighted by atomic mass is 10.2. The summed E-state index contributed by atoms with van der Waals surface area (Å²) in [4.78, 5) is 0. The second kappa shape index (κ2) is 5.83. The van der Waals surface area contributed by atoms with Gasteiger partial charge in [0.1, 0.15) is 0 Å². The van der Waals surface area contributed by atoms with E-state index in [-0.39, 0.29) is 0 Å². The van der Waals surface area contributed by atoms with Gasteiger partial charge in [-0.2, -0.15) is 5.10 Å². The zero-order valence-corrected chi connectivity index (χ0v) is 11.4. The van der Waals surface area contributed by atoms with Crippen molar-refractivity contribution in [2.75, 3.05) is 6.54 Å². The van der Waals surface area contributed by atoms with Gasteiger partial charge in [0.2, 0.25) is 0 Å². The molecule has 0 saturated heterocycles. The molecular weight excluding hydrogens is 222 g/mol. The molecule has 0 atom stereocenters. The number of hydrogen-bond acceptors (Lipinski definition) is 2. The van der Waals surface area contributed by atoms with E-state index in [1.807, 2.05) is 29.1 Å². The van der Waals surface area contributed by atoms with E-state index in [1.165, 1.54) is 11.3 Å². The van der Waals surface area contributed by atoms with Crippen molar-refractivity contribution in [3.63, 3.8) is 0 Å². The molecule has 0 amide bonds. The van der Waals surface area contributed by atoms with Crippen LogP contribution in [0.1, 0.15) is 25.1 Å². The molecule has 1 aromatic carbocycles. The highest BCUT2D eigenvalue weighted by atomic mass is 15.3. The fourth-order valence-corrected chi connectivity index (χ4v) is 1.94. The maximum absolute atomic E-state index is 4.46. The van der Waals surface area contributed by atoms with Gasteiger partial charge < -0.3 is 5.32 Å². The van der Waals surface area contributed by atoms with Crippen molar-refractivity contribution in [2.24, 2.45) is 5.92 Å². The summed E-state index contributed by atoms with van der Waals surface area (Å²) in [5, 5.41) is 7.91. The van der Waals surface area contributed by atoms with Crippen LogP contribution in [-0.4, -0.2) is 16.3 Å². The number of nitrogens with one attached hydrogen (secondary N) is 1. The van der Waals surface area contributed by atoms with Crippen LogP contribution in [0, 0.1) is 12.8 Å². The van der Waals surface area contributed by atoms with Gasteiger partial charge in [0.15, 0.2) is 0 Å². The Bertz CT molecular complexity index is 486. The smallest absolute Gasteiger partial charge is 0.0648 e. The van der Waals surface area contributed by atoms with Crippen LogP contribution in [0.5, 0.6) is 0 Å². The number of hydrogen-bond donors (Lipinski definition) is 1. The first kappa shape index (κ1) is 12.8. The van der Waals surface area contributed by atoms with Crippen LogP contribution in [0.3, 0.4) is 0 Å². The molecule has 0 aliphatic rings. The first-order valence-electron chi connectivity index (χ1n) is 6.48. The molecule has 0 aliphatic heterocycles. The molecule has 0 radical (unpaired) electrons. The molecule has 1 N–H and O–H groups in total. The van der Waals surface area contributed by atoms with E-state index in [2.05, 4.69) is 43.3 Å². The molecule has 0 spiro atoms. The summed E-state index contributed by atoms with van der Waals surface area (Å²) in [6, 6.07) is 10.2. The maximum Gasteiger partial charge on any atom is 0.0648 e. The predicted molar refractivity (Wildman–Crippen MR) is 74.8 cm³/mol. The average Bonchev–Trinajstić information content (AvgIpc) is 2.72. The summed E-state index contributed by atoms with van der Waals surface area (Å²) in [6.45, 7) is 8.47. The number of benzene rings is 1. The summed E-state index contributed by atoms with van der Waals surface area (Å²) in [6.07, 6.45) is 1.95. The van der Waals surface area contributed by atoms with Gasteiger partial charge in [0.25, 0.3) is 0 Å². The Morgan fingerprint density at radius 3 is 2.61 bits per heavy atom. The van der Waals surface area contributed by atoms with Crippen molar-refractivity contribution in [3.8, 4) is 5.69 Å². The summed E-state index contributed by atoms with van der Waals surface area (Å²) in [5.74, 6) is 0.675. The first-order valence-corrected chi connectivity index (χ1v) is 6.48. The second-order valence-electron chi connectivity index (χ2n) is 5.03.